The number of aliphatic hydroxyl groups excluding tert-OH is 7. The summed E-state index contributed by atoms with van der Waals surface area (Å²) in [6.45, 7) is 14.8. The van der Waals surface area contributed by atoms with Gasteiger partial charge in [-0.2, -0.15) is 0 Å². The molecule has 89 heavy (non-hydrogen) atoms. The van der Waals surface area contributed by atoms with Crippen molar-refractivity contribution in [2.24, 2.45) is 17.6 Å². The second-order valence-corrected chi connectivity index (χ2v) is 27.6. The van der Waals surface area contributed by atoms with Gasteiger partial charge in [-0.15, -0.1) is 46.7 Å². The molecule has 23 nitrogen and oxygen atoms in total. The third kappa shape index (κ3) is 19.5. The molecule has 4 saturated heterocycles. The molecule has 504 valence electrons. The van der Waals surface area contributed by atoms with Crippen LogP contribution >= 0.6 is 46.7 Å². The van der Waals surface area contributed by atoms with E-state index in [1.807, 2.05) is 60.7 Å². The number of amides is 3. The third-order valence-electron chi connectivity index (χ3n) is 15.8. The third-order valence-corrected chi connectivity index (χ3v) is 18.0. The maximum absolute atomic E-state index is 14.1. The van der Waals surface area contributed by atoms with Crippen LogP contribution in [0, 0.1) is 11.8 Å². The van der Waals surface area contributed by atoms with E-state index in [-0.39, 0.29) is 53.0 Å². The first-order valence-electron chi connectivity index (χ1n) is 28.8. The Morgan fingerprint density at radius 3 is 1.47 bits per heavy atom. The predicted octanol–water partition coefficient (Wildman–Crippen LogP) is 5.44. The Bertz CT molecular complexity index is 2660. The van der Waals surface area contributed by atoms with Gasteiger partial charge in [0.15, 0.2) is 6.04 Å². The van der Waals surface area contributed by atoms with Crippen LogP contribution in [0.4, 0.5) is 9.59 Å². The summed E-state index contributed by atoms with van der Waals surface area (Å²) in [5.74, 6) is -1.23. The summed E-state index contributed by atoms with van der Waals surface area (Å²) in [6, 6.07) is 11.6. The van der Waals surface area contributed by atoms with Gasteiger partial charge in [-0.25, -0.2) is 14.4 Å². The molecule has 2 aromatic rings. The largest absolute Gasteiger partial charge is 0.497 e. The van der Waals surface area contributed by atoms with Gasteiger partial charge < -0.3 is 85.1 Å². The number of hydrogen-bond donors (Lipinski definition) is 10. The summed E-state index contributed by atoms with van der Waals surface area (Å²) in [6.07, 6.45) is -3.89. The number of fused-ring (bicyclic) bond motifs is 2. The highest BCUT2D eigenvalue weighted by atomic mass is 35.5. The Morgan fingerprint density at radius 2 is 1.08 bits per heavy atom. The number of carboxylic acid groups (broad SMARTS) is 1. The molecule has 0 aliphatic carbocycles. The summed E-state index contributed by atoms with van der Waals surface area (Å²) < 4.78 is 39.8. The molecule has 6 aliphatic heterocycles. The van der Waals surface area contributed by atoms with Crippen molar-refractivity contribution >= 4 is 81.9 Å². The van der Waals surface area contributed by atoms with Gasteiger partial charge in [-0.05, 0) is 121 Å². The Hall–Kier alpha value is -4.00. The molecule has 20 atom stereocenters. The van der Waals surface area contributed by atoms with Crippen molar-refractivity contribution in [1.82, 2.24) is 15.1 Å². The molecule has 3 amide bonds. The summed E-state index contributed by atoms with van der Waals surface area (Å²) in [7, 11) is 1.62. The number of likely N-dealkylation sites (tertiary alicyclic amines) is 2. The Kier molecular flexibility index (Phi) is 29.3. The molecular weight excluding hydrogens is 1240 g/mol. The molecule has 11 N–H and O–H groups in total. The fourth-order valence-electron chi connectivity index (χ4n) is 11.3. The molecule has 0 aromatic heterocycles. The van der Waals surface area contributed by atoms with E-state index in [0.717, 1.165) is 45.3 Å². The van der Waals surface area contributed by atoms with Crippen LogP contribution < -0.4 is 15.8 Å². The lowest BCUT2D eigenvalue weighted by molar-refractivity contribution is -0.205. The van der Waals surface area contributed by atoms with Crippen molar-refractivity contribution in [2.75, 3.05) is 45.9 Å². The lowest BCUT2D eigenvalue weighted by Crippen LogP contribution is -2.65. The van der Waals surface area contributed by atoms with Crippen molar-refractivity contribution in [3.8, 4) is 5.75 Å². The minimum Gasteiger partial charge on any atom is -0.497 e. The monoisotopic (exact) mass is 1330 g/mol. The van der Waals surface area contributed by atoms with E-state index in [4.69, 9.17) is 62.1 Å². The molecule has 8 rings (SSSR count). The molecule has 0 spiro atoms. The average molecular weight is 1340 g/mol. The van der Waals surface area contributed by atoms with Crippen LogP contribution in [0.2, 0.25) is 0 Å². The standard InChI is InChI=1S/C30H43ClN2O9S.C21H27NO6.C9H18ClNO4S.2CH4/c1-15(31)20(26-23(36)22(35)24(37)28(41-26)43-5)32-27(38)21-25-19(13-33(21)29(39)42-30(2,3)4)12-18(10-11-40-25)17-8-6-16(14-34)7-9-17;1-21(2,3)28-20(25)22-12-15-11-14(13-5-7-16(26-4)8-6-13)9-10-27-18(15)17(22)19(23)24;1-3(10)4(11)8-6(13)5(12)7(14)9(15-8)16-2;;/h6-10,15,19-26,28,34-37H,11-14H2,1-5H3,(H,32,38);5-9,15,17-18H,10-12H2,1-4H3,(H,23,24);3-9,12-14H,11H2,1-2H3;2*1H4/t15-,19-,20+,21-,22+,23?,24+,25+,26+,28?;15-,17-,18+;3-,4+,5+,6?,7+,8+,9?;;/m000../s1. The summed E-state index contributed by atoms with van der Waals surface area (Å²) in [5, 5.41) is 81.5. The Labute approximate surface area is 541 Å². The van der Waals surface area contributed by atoms with Crippen LogP contribution in [0.3, 0.4) is 0 Å². The van der Waals surface area contributed by atoms with Gasteiger partial charge in [-0.1, -0.05) is 63.4 Å². The summed E-state index contributed by atoms with van der Waals surface area (Å²) >= 11 is 14.8. The Morgan fingerprint density at radius 1 is 0.663 bits per heavy atom. The molecule has 4 fully saturated rings. The topological polar surface area (TPSA) is 339 Å². The zero-order valence-corrected chi connectivity index (χ0v) is 54.0. The molecule has 0 radical (unpaired) electrons. The second-order valence-electron chi connectivity index (χ2n) is 24.4. The number of carbonyl (C=O) groups is 4. The molecule has 4 unspecified atom stereocenters. The van der Waals surface area contributed by atoms with Crippen molar-refractivity contribution in [3.05, 3.63) is 77.4 Å². The first-order chi connectivity index (χ1) is 40.8. The van der Waals surface area contributed by atoms with Crippen molar-refractivity contribution in [1.29, 1.82) is 0 Å². The highest BCUT2D eigenvalue weighted by Gasteiger charge is 2.54. The molecule has 6 aliphatic rings. The van der Waals surface area contributed by atoms with Crippen LogP contribution in [0.25, 0.3) is 11.1 Å². The van der Waals surface area contributed by atoms with Gasteiger partial charge in [0.05, 0.1) is 50.6 Å². The van der Waals surface area contributed by atoms with E-state index in [2.05, 4.69) is 5.32 Å². The molecular formula is C62H96Cl2N4O19S2. The van der Waals surface area contributed by atoms with E-state index in [1.165, 1.54) is 21.6 Å². The molecule has 0 saturated carbocycles. The minimum absolute atomic E-state index is 0. The van der Waals surface area contributed by atoms with E-state index in [1.54, 1.807) is 75.0 Å². The summed E-state index contributed by atoms with van der Waals surface area (Å²) in [5.41, 5.74) is 7.69. The predicted molar refractivity (Wildman–Crippen MR) is 342 cm³/mol. The second kappa shape index (κ2) is 33.7. The first-order valence-corrected chi connectivity index (χ1v) is 32.3. The number of carboxylic acids is 1. The fraction of sp³-hybridized carbons (Fsp3) is 0.677. The SMILES string of the molecule is C.C.COc1ccc(C2=CCO[C@@H]3[C@@H](C2)CN(C(=O)OC(C)(C)C)[C@@H]3C(=O)O)cc1.CSC1O[C@H]([C@H](N)[C@H](C)Cl)C(O)[C@@H](O)[C@H]1O.CSC1O[C@H]([C@H](NC(=O)[C@@H]2[C@@H]3OCC=C(c4ccc(CO)cc4)C[C@H]3CN2C(=O)OC(C)(C)C)[C@H](C)Cl)C(O)[C@@H](O)[C@H]1O. The van der Waals surface area contributed by atoms with Crippen molar-refractivity contribution in [3.63, 3.8) is 0 Å². The number of aliphatic carboxylic acids is 1. The zero-order chi connectivity index (χ0) is 64.6. The number of hydrogen-bond acceptors (Lipinski definition) is 21. The zero-order valence-electron chi connectivity index (χ0n) is 50.9. The number of nitrogens with one attached hydrogen (secondary N) is 1. The van der Waals surface area contributed by atoms with Crippen LogP contribution in [0.5, 0.6) is 5.75 Å². The molecule has 2 aromatic carbocycles. The lowest BCUT2D eigenvalue weighted by Gasteiger charge is -2.44. The fourth-order valence-corrected chi connectivity index (χ4v) is 13.0. The highest BCUT2D eigenvalue weighted by molar-refractivity contribution is 7.99. The maximum atomic E-state index is 14.1. The number of aliphatic hydroxyl groups is 7. The van der Waals surface area contributed by atoms with Gasteiger partial charge in [0, 0.05) is 36.3 Å². The van der Waals surface area contributed by atoms with Gasteiger partial charge in [0.1, 0.15) is 82.7 Å². The number of thioether (sulfide) groups is 2. The number of nitrogens with two attached hydrogens (primary N) is 1. The van der Waals surface area contributed by atoms with Crippen LogP contribution in [0.1, 0.15) is 99.8 Å². The van der Waals surface area contributed by atoms with E-state index in [0.29, 0.717) is 19.4 Å². The lowest BCUT2D eigenvalue weighted by atomic mass is 9.90. The van der Waals surface area contributed by atoms with Gasteiger partial charge in [0.2, 0.25) is 5.91 Å². The maximum Gasteiger partial charge on any atom is 0.411 e. The summed E-state index contributed by atoms with van der Waals surface area (Å²) in [4.78, 5) is 54.7. The number of halogens is 2. The number of carbonyl (C=O) groups excluding carboxylic acids is 3. The van der Waals surface area contributed by atoms with E-state index >= 15 is 0 Å². The molecule has 27 heteroatoms. The van der Waals surface area contributed by atoms with Crippen LogP contribution in [-0.2, 0) is 44.6 Å². The Balaban J connectivity index is 0.000000315. The quantitative estimate of drug-likeness (QED) is 0.112. The number of ether oxygens (including phenoxy) is 7. The minimum atomic E-state index is -1.53. The van der Waals surface area contributed by atoms with Crippen LogP contribution in [-0.4, -0.2) is 239 Å². The number of allylic oxidation sites excluding steroid dienone is 2. The van der Waals surface area contributed by atoms with Gasteiger partial charge >= 0.3 is 18.2 Å². The molecule has 0 bridgehead atoms. The van der Waals surface area contributed by atoms with Crippen LogP contribution in [0.15, 0.2) is 60.7 Å². The molecule has 6 heterocycles. The number of alkyl halides is 2. The number of nitrogens with zero attached hydrogens (tertiary/aromatic N) is 2. The van der Waals surface area contributed by atoms with E-state index < -0.39 is 142 Å². The van der Waals surface area contributed by atoms with E-state index in [9.17, 15) is 60.0 Å². The first kappa shape index (κ1) is 77.4. The van der Waals surface area contributed by atoms with Crippen molar-refractivity contribution < 1.29 is 93.2 Å². The van der Waals surface area contributed by atoms with Gasteiger partial charge in [0.25, 0.3) is 0 Å². The number of methoxy groups -OCH3 is 1. The normalized spacial score (nSPS) is 31.5. The number of benzene rings is 2. The number of rotatable bonds is 13. The van der Waals surface area contributed by atoms with Gasteiger partial charge in [-0.3, -0.25) is 14.6 Å². The van der Waals surface area contributed by atoms with Crippen molar-refractivity contribution in [2.45, 2.75) is 208 Å². The average Bonchev–Trinajstić information content (AvgIpc) is 1.79. The highest BCUT2D eigenvalue weighted by Crippen LogP contribution is 2.40. The smallest absolute Gasteiger partial charge is 0.411 e.